The molecule has 2 rings (SSSR count). The molecule has 0 unspecified atom stereocenters. The number of benzene rings is 2. The largest absolute Gasteiger partial charge is 0.493 e. The lowest BCUT2D eigenvalue weighted by Gasteiger charge is -2.11. The van der Waals surface area contributed by atoms with Gasteiger partial charge < -0.3 is 20.5 Å². The van der Waals surface area contributed by atoms with Gasteiger partial charge in [0.25, 0.3) is 5.91 Å². The number of amides is 1. The average molecular weight is 367 g/mol. The first kappa shape index (κ1) is 19.0. The molecule has 0 bridgehead atoms. The van der Waals surface area contributed by atoms with E-state index in [2.05, 4.69) is 5.32 Å². The summed E-state index contributed by atoms with van der Waals surface area (Å²) in [6, 6.07) is 16.1. The van der Waals surface area contributed by atoms with Crippen LogP contribution in [0.3, 0.4) is 0 Å². The second kappa shape index (κ2) is 9.20. The molecule has 132 valence electrons. The van der Waals surface area contributed by atoms with E-state index in [0.29, 0.717) is 22.7 Å². The fraction of sp³-hybridized carbons (Fsp3) is 0.105. The van der Waals surface area contributed by atoms with Gasteiger partial charge in [-0.05, 0) is 35.9 Å². The third kappa shape index (κ3) is 5.33. The first-order chi connectivity index (χ1) is 12.5. The molecule has 0 atom stereocenters. The van der Waals surface area contributed by atoms with Gasteiger partial charge >= 0.3 is 0 Å². The van der Waals surface area contributed by atoms with Gasteiger partial charge in [0.05, 0.1) is 12.7 Å². The number of hydrogen-bond acceptors (Lipinski definition) is 5. The number of anilines is 1. The smallest absolute Gasteiger partial charge is 0.262 e. The number of nitrogens with zero attached hydrogens (tertiary/aromatic N) is 1. The summed E-state index contributed by atoms with van der Waals surface area (Å²) < 4.78 is 10.8. The number of methoxy groups -OCH3 is 1. The van der Waals surface area contributed by atoms with E-state index in [1.165, 1.54) is 7.11 Å². The van der Waals surface area contributed by atoms with Crippen molar-refractivity contribution in [1.29, 1.82) is 5.26 Å². The first-order valence-corrected chi connectivity index (χ1v) is 8.01. The number of thiocarbonyl (C=S) groups is 1. The van der Waals surface area contributed by atoms with Crippen molar-refractivity contribution < 1.29 is 14.3 Å². The Morgan fingerprint density at radius 3 is 2.62 bits per heavy atom. The molecule has 0 aromatic heterocycles. The maximum Gasteiger partial charge on any atom is 0.262 e. The molecule has 0 aliphatic rings. The van der Waals surface area contributed by atoms with E-state index in [4.69, 9.17) is 32.7 Å². The predicted octanol–water partition coefficient (Wildman–Crippen LogP) is 2.91. The Hall–Kier alpha value is -3.37. The summed E-state index contributed by atoms with van der Waals surface area (Å²) in [6.07, 6.45) is 1.55. The zero-order chi connectivity index (χ0) is 18.9. The average Bonchev–Trinajstić information content (AvgIpc) is 2.65. The zero-order valence-electron chi connectivity index (χ0n) is 14.1. The van der Waals surface area contributed by atoms with Crippen LogP contribution in [0.5, 0.6) is 11.5 Å². The number of para-hydroxylation sites is 1. The van der Waals surface area contributed by atoms with Crippen molar-refractivity contribution in [2.45, 2.75) is 0 Å². The highest BCUT2D eigenvalue weighted by atomic mass is 32.1. The van der Waals surface area contributed by atoms with Crippen LogP contribution in [0.15, 0.2) is 54.1 Å². The molecule has 0 spiro atoms. The number of carbonyl (C=O) groups excluding carboxylic acids is 1. The molecule has 2 aromatic carbocycles. The number of nitriles is 1. The maximum absolute atomic E-state index is 12.0. The molecule has 0 aliphatic carbocycles. The molecular weight excluding hydrogens is 350 g/mol. The summed E-state index contributed by atoms with van der Waals surface area (Å²) in [7, 11) is 1.48. The van der Waals surface area contributed by atoms with Gasteiger partial charge in [-0.1, -0.05) is 36.5 Å². The minimum atomic E-state index is -0.289. The molecule has 0 fully saturated rings. The van der Waals surface area contributed by atoms with Crippen molar-refractivity contribution in [2.75, 3.05) is 19.0 Å². The summed E-state index contributed by atoms with van der Waals surface area (Å²) in [4.78, 5) is 12.0. The Bertz CT molecular complexity index is 873. The van der Waals surface area contributed by atoms with Crippen molar-refractivity contribution in [2.24, 2.45) is 5.73 Å². The normalized spacial score (nSPS) is 10.5. The molecule has 26 heavy (non-hydrogen) atoms. The molecule has 3 N–H and O–H groups in total. The topological polar surface area (TPSA) is 97.4 Å². The summed E-state index contributed by atoms with van der Waals surface area (Å²) in [5.74, 6) is 0.538. The van der Waals surface area contributed by atoms with Crippen molar-refractivity contribution in [3.8, 4) is 17.6 Å². The van der Waals surface area contributed by atoms with Crippen LogP contribution in [-0.4, -0.2) is 24.6 Å². The third-order valence-electron chi connectivity index (χ3n) is 3.30. The van der Waals surface area contributed by atoms with Gasteiger partial charge in [0.2, 0.25) is 0 Å². The molecule has 0 aliphatic heterocycles. The highest BCUT2D eigenvalue weighted by Gasteiger charge is 2.09. The Morgan fingerprint density at radius 2 is 2.00 bits per heavy atom. The Kier molecular flexibility index (Phi) is 6.71. The summed E-state index contributed by atoms with van der Waals surface area (Å²) in [5.41, 5.74) is 7.04. The van der Waals surface area contributed by atoms with Gasteiger partial charge in [-0.25, -0.2) is 0 Å². The van der Waals surface area contributed by atoms with E-state index < -0.39 is 0 Å². The van der Waals surface area contributed by atoms with Gasteiger partial charge in [0, 0.05) is 5.69 Å². The molecule has 7 heteroatoms. The molecule has 2 aromatic rings. The molecule has 0 saturated carbocycles. The summed E-state index contributed by atoms with van der Waals surface area (Å²) in [6.45, 7) is -0.170. The summed E-state index contributed by atoms with van der Waals surface area (Å²) in [5, 5.41) is 11.7. The highest BCUT2D eigenvalue weighted by molar-refractivity contribution is 7.80. The van der Waals surface area contributed by atoms with E-state index in [1.54, 1.807) is 36.4 Å². The molecule has 0 radical (unpaired) electrons. The Balaban J connectivity index is 2.07. The standard InChI is InChI=1S/C19H17N3O3S/c1-24-17-10-13(9-14(11-20)19(21)26)7-8-16(17)25-12-18(23)22-15-5-3-2-4-6-15/h2-10H,12H2,1H3,(H2,21,26)(H,22,23)/b14-9-. The van der Waals surface area contributed by atoms with Crippen LogP contribution in [0, 0.1) is 11.3 Å². The fourth-order valence-electron chi connectivity index (χ4n) is 2.08. The van der Waals surface area contributed by atoms with Gasteiger partial charge in [-0.2, -0.15) is 5.26 Å². The summed E-state index contributed by atoms with van der Waals surface area (Å²) >= 11 is 4.81. The molecule has 6 nitrogen and oxygen atoms in total. The number of nitrogens with two attached hydrogens (primary N) is 1. The lowest BCUT2D eigenvalue weighted by atomic mass is 10.1. The Labute approximate surface area is 156 Å². The van der Waals surface area contributed by atoms with Crippen LogP contribution in [0.1, 0.15) is 5.56 Å². The van der Waals surface area contributed by atoms with E-state index >= 15 is 0 Å². The highest BCUT2D eigenvalue weighted by Crippen LogP contribution is 2.29. The number of hydrogen-bond donors (Lipinski definition) is 2. The fourth-order valence-corrected chi connectivity index (χ4v) is 2.18. The van der Waals surface area contributed by atoms with Crippen LogP contribution in [0.2, 0.25) is 0 Å². The van der Waals surface area contributed by atoms with Crippen molar-refractivity contribution in [3.63, 3.8) is 0 Å². The number of ether oxygens (including phenoxy) is 2. The second-order valence-electron chi connectivity index (χ2n) is 5.15. The van der Waals surface area contributed by atoms with E-state index in [-0.39, 0.29) is 23.1 Å². The third-order valence-corrected chi connectivity index (χ3v) is 3.52. The molecular formula is C19H17N3O3S. The van der Waals surface area contributed by atoms with Crippen molar-refractivity contribution in [3.05, 3.63) is 59.7 Å². The predicted molar refractivity (Wildman–Crippen MR) is 104 cm³/mol. The first-order valence-electron chi connectivity index (χ1n) is 7.61. The monoisotopic (exact) mass is 367 g/mol. The number of nitrogens with one attached hydrogen (secondary N) is 1. The van der Waals surface area contributed by atoms with Crippen LogP contribution < -0.4 is 20.5 Å². The van der Waals surface area contributed by atoms with Gasteiger partial charge in [0.1, 0.15) is 11.1 Å². The van der Waals surface area contributed by atoms with Crippen LogP contribution in [0.25, 0.3) is 6.08 Å². The molecule has 1 amide bonds. The molecule has 0 heterocycles. The lowest BCUT2D eigenvalue weighted by Crippen LogP contribution is -2.20. The minimum absolute atomic E-state index is 0.0179. The van der Waals surface area contributed by atoms with E-state index in [0.717, 1.165) is 0 Å². The minimum Gasteiger partial charge on any atom is -0.493 e. The van der Waals surface area contributed by atoms with Crippen LogP contribution in [-0.2, 0) is 4.79 Å². The van der Waals surface area contributed by atoms with Crippen molar-refractivity contribution in [1.82, 2.24) is 0 Å². The number of rotatable bonds is 7. The van der Waals surface area contributed by atoms with E-state index in [1.807, 2.05) is 24.3 Å². The van der Waals surface area contributed by atoms with Gasteiger partial charge in [0.15, 0.2) is 18.1 Å². The van der Waals surface area contributed by atoms with Gasteiger partial charge in [-0.3, -0.25) is 4.79 Å². The second-order valence-corrected chi connectivity index (χ2v) is 5.59. The number of carbonyl (C=O) groups is 1. The maximum atomic E-state index is 12.0. The van der Waals surface area contributed by atoms with Crippen molar-refractivity contribution >= 4 is 34.9 Å². The zero-order valence-corrected chi connectivity index (χ0v) is 14.9. The van der Waals surface area contributed by atoms with Crippen LogP contribution in [0.4, 0.5) is 5.69 Å². The lowest BCUT2D eigenvalue weighted by molar-refractivity contribution is -0.118. The van der Waals surface area contributed by atoms with E-state index in [9.17, 15) is 4.79 Å². The van der Waals surface area contributed by atoms with Gasteiger partial charge in [-0.15, -0.1) is 0 Å². The molecule has 0 saturated heterocycles. The SMILES string of the molecule is COc1cc(/C=C(/C#N)C(N)=S)ccc1OCC(=O)Nc1ccccc1. The van der Waals surface area contributed by atoms with Crippen LogP contribution >= 0.6 is 12.2 Å². The Morgan fingerprint density at radius 1 is 1.27 bits per heavy atom. The quantitative estimate of drug-likeness (QED) is 0.444.